The summed E-state index contributed by atoms with van der Waals surface area (Å²) in [4.78, 5) is 19.9. The van der Waals surface area contributed by atoms with Crippen LogP contribution in [-0.4, -0.2) is 29.0 Å². The fraction of sp³-hybridized carbons (Fsp3) is 0.667. The molecular weight excluding hydrogens is 266 g/mol. The van der Waals surface area contributed by atoms with Gasteiger partial charge in [0.2, 0.25) is 5.91 Å². The molecule has 0 saturated heterocycles. The molecule has 0 aliphatic rings. The van der Waals surface area contributed by atoms with Crippen molar-refractivity contribution in [1.29, 1.82) is 0 Å². The highest BCUT2D eigenvalue weighted by Crippen LogP contribution is 2.23. The van der Waals surface area contributed by atoms with Crippen molar-refractivity contribution < 1.29 is 4.79 Å². The van der Waals surface area contributed by atoms with E-state index in [4.69, 9.17) is 5.73 Å². The van der Waals surface area contributed by atoms with Crippen LogP contribution in [0.25, 0.3) is 0 Å². The highest BCUT2D eigenvalue weighted by atomic mass is 16.1. The number of carbonyl (C=O) groups excluding carboxylic acids is 1. The van der Waals surface area contributed by atoms with Crippen LogP contribution in [0, 0.1) is 6.92 Å². The number of carbonyl (C=O) groups is 1. The maximum Gasteiger partial charge on any atom is 0.217 e. The molecule has 0 aromatic carbocycles. The number of hydrogen-bond donors (Lipinski definition) is 3. The maximum atomic E-state index is 10.8. The fourth-order valence-corrected chi connectivity index (χ4v) is 1.85. The maximum absolute atomic E-state index is 10.8. The molecule has 0 aliphatic heterocycles. The van der Waals surface area contributed by atoms with Gasteiger partial charge in [0.1, 0.15) is 17.5 Å². The van der Waals surface area contributed by atoms with Gasteiger partial charge in [0.25, 0.3) is 0 Å². The van der Waals surface area contributed by atoms with E-state index >= 15 is 0 Å². The van der Waals surface area contributed by atoms with Gasteiger partial charge in [-0.3, -0.25) is 4.79 Å². The van der Waals surface area contributed by atoms with Gasteiger partial charge < -0.3 is 16.4 Å². The molecule has 1 aromatic rings. The lowest BCUT2D eigenvalue weighted by Gasteiger charge is -2.16. The second-order valence-corrected chi connectivity index (χ2v) is 5.48. The first-order valence-corrected chi connectivity index (χ1v) is 7.60. The number of rotatable bonds is 9. The topological polar surface area (TPSA) is 92.9 Å². The van der Waals surface area contributed by atoms with E-state index in [0.717, 1.165) is 36.0 Å². The molecule has 4 N–H and O–H groups in total. The lowest BCUT2D eigenvalue weighted by molar-refractivity contribution is -0.118. The van der Waals surface area contributed by atoms with Gasteiger partial charge in [0.15, 0.2) is 0 Å². The fourth-order valence-electron chi connectivity index (χ4n) is 1.85. The highest BCUT2D eigenvalue weighted by Gasteiger charge is 2.12. The van der Waals surface area contributed by atoms with Crippen LogP contribution in [0.4, 0.5) is 11.6 Å². The minimum Gasteiger partial charge on any atom is -0.370 e. The van der Waals surface area contributed by atoms with Crippen LogP contribution in [0.1, 0.15) is 57.3 Å². The summed E-state index contributed by atoms with van der Waals surface area (Å²) in [5.74, 6) is 2.52. The molecule has 0 fully saturated rings. The quantitative estimate of drug-likeness (QED) is 0.608. The Hall–Kier alpha value is -1.85. The smallest absolute Gasteiger partial charge is 0.217 e. The van der Waals surface area contributed by atoms with Crippen molar-refractivity contribution in [2.24, 2.45) is 5.73 Å². The second-order valence-electron chi connectivity index (χ2n) is 5.48. The number of amides is 1. The molecule has 0 atom stereocenters. The molecule has 6 nitrogen and oxygen atoms in total. The molecule has 21 heavy (non-hydrogen) atoms. The molecule has 0 bridgehead atoms. The van der Waals surface area contributed by atoms with E-state index in [1.54, 1.807) is 0 Å². The average Bonchev–Trinajstić information content (AvgIpc) is 2.43. The van der Waals surface area contributed by atoms with Crippen LogP contribution in [-0.2, 0) is 4.79 Å². The monoisotopic (exact) mass is 293 g/mol. The first-order chi connectivity index (χ1) is 9.95. The summed E-state index contributed by atoms with van der Waals surface area (Å²) in [5, 5.41) is 6.62. The van der Waals surface area contributed by atoms with Crippen molar-refractivity contribution >= 4 is 17.5 Å². The molecule has 1 aromatic heterocycles. The van der Waals surface area contributed by atoms with E-state index in [1.807, 2.05) is 6.92 Å². The van der Waals surface area contributed by atoms with Crippen LogP contribution < -0.4 is 16.4 Å². The third-order valence-electron chi connectivity index (χ3n) is 3.11. The normalized spacial score (nSPS) is 10.7. The zero-order chi connectivity index (χ0) is 15.8. The minimum absolute atomic E-state index is 0.263. The molecule has 0 aliphatic carbocycles. The van der Waals surface area contributed by atoms with Crippen molar-refractivity contribution in [2.45, 2.75) is 52.9 Å². The van der Waals surface area contributed by atoms with Gasteiger partial charge in [0.05, 0.1) is 0 Å². The SMILES string of the molecule is CCCNc1nc(C(C)C)nc(NCCCC(N)=O)c1C. The average molecular weight is 293 g/mol. The molecular formula is C15H27N5O. The lowest BCUT2D eigenvalue weighted by atomic mass is 10.2. The van der Waals surface area contributed by atoms with Gasteiger partial charge >= 0.3 is 0 Å². The second kappa shape index (κ2) is 8.44. The molecule has 6 heteroatoms. The van der Waals surface area contributed by atoms with Crippen molar-refractivity contribution in [3.63, 3.8) is 0 Å². The van der Waals surface area contributed by atoms with Gasteiger partial charge in [-0.15, -0.1) is 0 Å². The molecule has 1 amide bonds. The minimum atomic E-state index is -0.274. The Labute approximate surface area is 126 Å². The van der Waals surface area contributed by atoms with Gasteiger partial charge in [-0.25, -0.2) is 9.97 Å². The molecule has 1 heterocycles. The predicted octanol–water partition coefficient (Wildman–Crippen LogP) is 2.41. The lowest BCUT2D eigenvalue weighted by Crippen LogP contribution is -2.15. The number of nitrogens with two attached hydrogens (primary N) is 1. The first kappa shape index (κ1) is 17.2. The molecule has 118 valence electrons. The summed E-state index contributed by atoms with van der Waals surface area (Å²) in [6.45, 7) is 9.83. The van der Waals surface area contributed by atoms with Crippen molar-refractivity contribution in [3.05, 3.63) is 11.4 Å². The molecule has 0 radical (unpaired) electrons. The zero-order valence-electron chi connectivity index (χ0n) is 13.5. The number of nitrogens with one attached hydrogen (secondary N) is 2. The van der Waals surface area contributed by atoms with E-state index in [0.29, 0.717) is 19.4 Å². The Balaban J connectivity index is 2.84. The summed E-state index contributed by atoms with van der Waals surface area (Å²) in [6.07, 6.45) is 2.13. The Morgan fingerprint density at radius 2 is 1.76 bits per heavy atom. The standard InChI is InChI=1S/C15H27N5O/c1-5-8-17-14-11(4)15(18-9-6-7-12(16)21)20-13(19-14)10(2)3/h10H,5-9H2,1-4H3,(H2,16,21)(H2,17,18,19,20). The molecule has 0 saturated carbocycles. The van der Waals surface area contributed by atoms with Gasteiger partial charge in [0, 0.05) is 31.0 Å². The number of primary amides is 1. The summed E-state index contributed by atoms with van der Waals surface area (Å²) < 4.78 is 0. The Morgan fingerprint density at radius 3 is 2.24 bits per heavy atom. The summed E-state index contributed by atoms with van der Waals surface area (Å²) >= 11 is 0. The van der Waals surface area contributed by atoms with E-state index in [9.17, 15) is 4.79 Å². The van der Waals surface area contributed by atoms with E-state index in [1.165, 1.54) is 0 Å². The first-order valence-electron chi connectivity index (χ1n) is 7.60. The van der Waals surface area contributed by atoms with E-state index in [2.05, 4.69) is 41.4 Å². The zero-order valence-corrected chi connectivity index (χ0v) is 13.5. The van der Waals surface area contributed by atoms with Crippen LogP contribution >= 0.6 is 0 Å². The van der Waals surface area contributed by atoms with Crippen LogP contribution in [0.3, 0.4) is 0 Å². The van der Waals surface area contributed by atoms with Crippen molar-refractivity contribution in [2.75, 3.05) is 23.7 Å². The van der Waals surface area contributed by atoms with Crippen LogP contribution in [0.5, 0.6) is 0 Å². The van der Waals surface area contributed by atoms with Crippen LogP contribution in [0.15, 0.2) is 0 Å². The summed E-state index contributed by atoms with van der Waals surface area (Å²) in [6, 6.07) is 0. The molecule has 0 spiro atoms. The van der Waals surface area contributed by atoms with Gasteiger partial charge in [-0.1, -0.05) is 20.8 Å². The van der Waals surface area contributed by atoms with E-state index < -0.39 is 0 Å². The number of nitrogens with zero attached hydrogens (tertiary/aromatic N) is 2. The van der Waals surface area contributed by atoms with Crippen molar-refractivity contribution in [3.8, 4) is 0 Å². The molecule has 1 rings (SSSR count). The third kappa shape index (κ3) is 5.57. The van der Waals surface area contributed by atoms with Crippen molar-refractivity contribution in [1.82, 2.24) is 9.97 Å². The van der Waals surface area contributed by atoms with Gasteiger partial charge in [-0.2, -0.15) is 0 Å². The van der Waals surface area contributed by atoms with Gasteiger partial charge in [-0.05, 0) is 19.8 Å². The number of aromatic nitrogens is 2. The third-order valence-corrected chi connectivity index (χ3v) is 3.11. The largest absolute Gasteiger partial charge is 0.370 e. The predicted molar refractivity (Wildman–Crippen MR) is 86.6 cm³/mol. The Bertz CT molecular complexity index is 473. The highest BCUT2D eigenvalue weighted by molar-refractivity contribution is 5.73. The van der Waals surface area contributed by atoms with E-state index in [-0.39, 0.29) is 11.8 Å². The molecule has 0 unspecified atom stereocenters. The Kier molecular flexibility index (Phi) is 6.91. The number of anilines is 2. The van der Waals surface area contributed by atoms with Crippen LogP contribution in [0.2, 0.25) is 0 Å². The summed E-state index contributed by atoms with van der Waals surface area (Å²) in [7, 11) is 0. The Morgan fingerprint density at radius 1 is 1.19 bits per heavy atom. The number of hydrogen-bond acceptors (Lipinski definition) is 5. The summed E-state index contributed by atoms with van der Waals surface area (Å²) in [5.41, 5.74) is 6.15.